The van der Waals surface area contributed by atoms with E-state index in [0.717, 1.165) is 31.7 Å². The minimum Gasteiger partial charge on any atom is -0.319 e. The Morgan fingerprint density at radius 1 is 1.55 bits per heavy atom. The van der Waals surface area contributed by atoms with E-state index in [9.17, 15) is 10.1 Å². The van der Waals surface area contributed by atoms with Gasteiger partial charge in [0.15, 0.2) is 0 Å². The van der Waals surface area contributed by atoms with Gasteiger partial charge in [0, 0.05) is 19.2 Å². The topological polar surface area (TPSA) is 58.4 Å². The van der Waals surface area contributed by atoms with E-state index in [4.69, 9.17) is 11.6 Å². The summed E-state index contributed by atoms with van der Waals surface area (Å²) >= 11 is 5.95. The minimum atomic E-state index is -0.448. The van der Waals surface area contributed by atoms with Gasteiger partial charge in [-0.25, -0.2) is 0 Å². The second kappa shape index (κ2) is 7.02. The SMILES string of the molecule is CNCC1CCCN(Cc2ccc([N+](=O)[O-])c(Cl)c2)C1. The number of halogens is 1. The highest BCUT2D eigenvalue weighted by Crippen LogP contribution is 2.26. The van der Waals surface area contributed by atoms with Crippen LogP contribution in [0, 0.1) is 16.0 Å². The van der Waals surface area contributed by atoms with Gasteiger partial charge in [-0.05, 0) is 50.5 Å². The van der Waals surface area contributed by atoms with Crippen LogP contribution in [0.4, 0.5) is 5.69 Å². The second-order valence-corrected chi connectivity index (χ2v) is 5.75. The first kappa shape index (κ1) is 15.2. The van der Waals surface area contributed by atoms with E-state index < -0.39 is 4.92 Å². The van der Waals surface area contributed by atoms with Crippen LogP contribution < -0.4 is 5.32 Å². The summed E-state index contributed by atoms with van der Waals surface area (Å²) in [6.45, 7) is 3.99. The molecular formula is C14H20ClN3O2. The Hall–Kier alpha value is -1.17. The van der Waals surface area contributed by atoms with Crippen molar-refractivity contribution in [1.29, 1.82) is 0 Å². The van der Waals surface area contributed by atoms with Crippen molar-refractivity contribution in [3.8, 4) is 0 Å². The lowest BCUT2D eigenvalue weighted by Gasteiger charge is -2.32. The summed E-state index contributed by atoms with van der Waals surface area (Å²) in [7, 11) is 1.98. The van der Waals surface area contributed by atoms with E-state index in [-0.39, 0.29) is 10.7 Å². The Morgan fingerprint density at radius 2 is 2.35 bits per heavy atom. The molecule has 110 valence electrons. The summed E-state index contributed by atoms with van der Waals surface area (Å²) in [5, 5.41) is 14.2. The maximum Gasteiger partial charge on any atom is 0.287 e. The molecule has 20 heavy (non-hydrogen) atoms. The summed E-state index contributed by atoms with van der Waals surface area (Å²) in [6.07, 6.45) is 2.46. The number of nitrogens with zero attached hydrogens (tertiary/aromatic N) is 2. The van der Waals surface area contributed by atoms with Gasteiger partial charge >= 0.3 is 0 Å². The first-order valence-corrected chi connectivity index (χ1v) is 7.27. The number of piperidine rings is 1. The maximum atomic E-state index is 10.7. The number of hydrogen-bond donors (Lipinski definition) is 1. The summed E-state index contributed by atoms with van der Waals surface area (Å²) in [5.74, 6) is 0.683. The third-order valence-corrected chi connectivity index (χ3v) is 4.01. The molecular weight excluding hydrogens is 278 g/mol. The molecule has 0 saturated carbocycles. The van der Waals surface area contributed by atoms with Gasteiger partial charge in [0.2, 0.25) is 0 Å². The quantitative estimate of drug-likeness (QED) is 0.670. The van der Waals surface area contributed by atoms with Crippen LogP contribution in [-0.4, -0.2) is 36.5 Å². The van der Waals surface area contributed by atoms with E-state index in [1.165, 1.54) is 18.9 Å². The summed E-state index contributed by atoms with van der Waals surface area (Å²) in [4.78, 5) is 12.7. The predicted molar refractivity (Wildman–Crippen MR) is 80.0 cm³/mol. The van der Waals surface area contributed by atoms with Crippen molar-refractivity contribution < 1.29 is 4.92 Å². The lowest BCUT2D eigenvalue weighted by molar-refractivity contribution is -0.384. The summed E-state index contributed by atoms with van der Waals surface area (Å²) in [5.41, 5.74) is 1.01. The Kier molecular flexibility index (Phi) is 5.34. The lowest BCUT2D eigenvalue weighted by atomic mass is 9.97. The highest BCUT2D eigenvalue weighted by Gasteiger charge is 2.20. The molecule has 0 aliphatic carbocycles. The molecule has 1 heterocycles. The number of nitrogens with one attached hydrogen (secondary N) is 1. The van der Waals surface area contributed by atoms with Gasteiger partial charge in [0.25, 0.3) is 5.69 Å². The molecule has 1 fully saturated rings. The zero-order valence-electron chi connectivity index (χ0n) is 11.6. The monoisotopic (exact) mass is 297 g/mol. The van der Waals surface area contributed by atoms with Gasteiger partial charge in [-0.15, -0.1) is 0 Å². The van der Waals surface area contributed by atoms with Gasteiger partial charge in [-0.1, -0.05) is 17.7 Å². The van der Waals surface area contributed by atoms with Gasteiger partial charge in [0.1, 0.15) is 5.02 Å². The largest absolute Gasteiger partial charge is 0.319 e. The molecule has 1 saturated heterocycles. The van der Waals surface area contributed by atoms with Crippen LogP contribution in [0.1, 0.15) is 18.4 Å². The van der Waals surface area contributed by atoms with Crippen molar-refractivity contribution in [2.24, 2.45) is 5.92 Å². The summed E-state index contributed by atoms with van der Waals surface area (Å²) in [6, 6.07) is 5.00. The van der Waals surface area contributed by atoms with Crippen LogP contribution in [0.15, 0.2) is 18.2 Å². The molecule has 0 spiro atoms. The Labute approximate surface area is 124 Å². The van der Waals surface area contributed by atoms with Crippen LogP contribution in [0.2, 0.25) is 5.02 Å². The van der Waals surface area contributed by atoms with Gasteiger partial charge in [-0.3, -0.25) is 15.0 Å². The zero-order valence-corrected chi connectivity index (χ0v) is 12.4. The minimum absolute atomic E-state index is 0.0258. The van der Waals surface area contributed by atoms with Crippen molar-refractivity contribution in [3.05, 3.63) is 38.9 Å². The normalized spacial score (nSPS) is 20.0. The third-order valence-electron chi connectivity index (χ3n) is 3.71. The fraction of sp³-hybridized carbons (Fsp3) is 0.571. The van der Waals surface area contributed by atoms with Crippen molar-refractivity contribution in [2.45, 2.75) is 19.4 Å². The van der Waals surface area contributed by atoms with Gasteiger partial charge in [0.05, 0.1) is 4.92 Å². The van der Waals surface area contributed by atoms with Crippen molar-refractivity contribution in [1.82, 2.24) is 10.2 Å². The van der Waals surface area contributed by atoms with E-state index >= 15 is 0 Å². The lowest BCUT2D eigenvalue weighted by Crippen LogP contribution is -2.38. The molecule has 1 aliphatic heterocycles. The Bertz CT molecular complexity index is 479. The van der Waals surface area contributed by atoms with E-state index in [1.54, 1.807) is 12.1 Å². The van der Waals surface area contributed by atoms with Crippen LogP contribution in [-0.2, 0) is 6.54 Å². The number of hydrogen-bond acceptors (Lipinski definition) is 4. The molecule has 1 aromatic carbocycles. The highest BCUT2D eigenvalue weighted by molar-refractivity contribution is 6.32. The fourth-order valence-corrected chi connectivity index (χ4v) is 3.08. The van der Waals surface area contributed by atoms with Crippen LogP contribution in [0.5, 0.6) is 0 Å². The van der Waals surface area contributed by atoms with E-state index in [0.29, 0.717) is 5.92 Å². The predicted octanol–water partition coefficient (Wildman–Crippen LogP) is 2.68. The molecule has 5 nitrogen and oxygen atoms in total. The van der Waals surface area contributed by atoms with Crippen molar-refractivity contribution in [3.63, 3.8) is 0 Å². The Morgan fingerprint density at radius 3 is 3.00 bits per heavy atom. The van der Waals surface area contributed by atoms with Crippen molar-refractivity contribution >= 4 is 17.3 Å². The average Bonchev–Trinajstić information content (AvgIpc) is 2.39. The van der Waals surface area contributed by atoms with Crippen LogP contribution in [0.3, 0.4) is 0 Å². The fourth-order valence-electron chi connectivity index (χ4n) is 2.81. The number of benzene rings is 1. The molecule has 1 N–H and O–H groups in total. The maximum absolute atomic E-state index is 10.7. The molecule has 0 aromatic heterocycles. The first-order chi connectivity index (χ1) is 9.60. The van der Waals surface area contributed by atoms with Crippen LogP contribution >= 0.6 is 11.6 Å². The molecule has 1 atom stereocenters. The van der Waals surface area contributed by atoms with Crippen molar-refractivity contribution in [2.75, 3.05) is 26.7 Å². The average molecular weight is 298 g/mol. The van der Waals surface area contributed by atoms with Gasteiger partial charge in [-0.2, -0.15) is 0 Å². The number of nitro groups is 1. The summed E-state index contributed by atoms with van der Waals surface area (Å²) < 4.78 is 0. The molecule has 0 amide bonds. The molecule has 0 bridgehead atoms. The smallest absolute Gasteiger partial charge is 0.287 e. The van der Waals surface area contributed by atoms with E-state index in [1.807, 2.05) is 7.05 Å². The molecule has 1 aliphatic rings. The second-order valence-electron chi connectivity index (χ2n) is 5.34. The molecule has 6 heteroatoms. The molecule has 1 unspecified atom stereocenters. The van der Waals surface area contributed by atoms with Crippen LogP contribution in [0.25, 0.3) is 0 Å². The number of nitro benzene ring substituents is 1. The zero-order chi connectivity index (χ0) is 14.5. The molecule has 2 rings (SSSR count). The van der Waals surface area contributed by atoms with Gasteiger partial charge < -0.3 is 5.32 Å². The number of rotatable bonds is 5. The molecule has 0 radical (unpaired) electrons. The first-order valence-electron chi connectivity index (χ1n) is 6.90. The highest BCUT2D eigenvalue weighted by atomic mass is 35.5. The standard InChI is InChI=1S/C14H20ClN3O2/c1-16-8-12-3-2-6-17(10-12)9-11-4-5-14(18(19)20)13(15)7-11/h4-5,7,12,16H,2-3,6,8-10H2,1H3. The third kappa shape index (κ3) is 3.91. The molecule has 1 aromatic rings. The Balaban J connectivity index is 1.99. The number of likely N-dealkylation sites (tertiary alicyclic amines) is 1. The van der Waals surface area contributed by atoms with E-state index in [2.05, 4.69) is 10.2 Å².